The number of hydrogen-bond donors (Lipinski definition) is 1. The van der Waals surface area contributed by atoms with E-state index >= 15 is 0 Å². The molecule has 1 saturated heterocycles. The highest BCUT2D eigenvalue weighted by Crippen LogP contribution is 2.34. The van der Waals surface area contributed by atoms with Crippen molar-refractivity contribution in [3.63, 3.8) is 0 Å². The Morgan fingerprint density at radius 3 is 2.80 bits per heavy atom. The number of likely N-dealkylation sites (N-methyl/N-ethyl adjacent to an activating group) is 1. The van der Waals surface area contributed by atoms with Crippen molar-refractivity contribution in [1.82, 2.24) is 20.1 Å². The van der Waals surface area contributed by atoms with Crippen LogP contribution in [0, 0.1) is 0 Å². The lowest BCUT2D eigenvalue weighted by atomic mass is 9.97. The predicted octanol–water partition coefficient (Wildman–Crippen LogP) is 3.01. The molecule has 3 amide bonds. The van der Waals surface area contributed by atoms with Crippen LogP contribution >= 0.6 is 0 Å². The summed E-state index contributed by atoms with van der Waals surface area (Å²) in [6, 6.07) is 13.6. The van der Waals surface area contributed by atoms with Crippen LogP contribution in [-0.2, 0) is 0 Å². The number of rotatable bonds is 6. The zero-order valence-corrected chi connectivity index (χ0v) is 17.1. The monoisotopic (exact) mass is 404 g/mol. The number of pyridine rings is 1. The number of benzene rings is 2. The third-order valence-electron chi connectivity index (χ3n) is 5.41. The summed E-state index contributed by atoms with van der Waals surface area (Å²) in [5.41, 5.74) is 2.57. The van der Waals surface area contributed by atoms with Crippen LogP contribution in [0.15, 0.2) is 54.9 Å². The van der Waals surface area contributed by atoms with Gasteiger partial charge in [0.25, 0.3) is 5.91 Å². The molecule has 0 atom stereocenters. The van der Waals surface area contributed by atoms with Crippen molar-refractivity contribution >= 4 is 22.7 Å². The van der Waals surface area contributed by atoms with E-state index in [1.807, 2.05) is 42.5 Å². The number of nitrogens with zero attached hydrogens (tertiary/aromatic N) is 3. The van der Waals surface area contributed by atoms with Crippen molar-refractivity contribution in [1.29, 1.82) is 0 Å². The van der Waals surface area contributed by atoms with Crippen LogP contribution in [0.1, 0.15) is 10.4 Å². The van der Waals surface area contributed by atoms with Crippen molar-refractivity contribution in [2.45, 2.75) is 0 Å². The van der Waals surface area contributed by atoms with Gasteiger partial charge in [0.2, 0.25) is 0 Å². The van der Waals surface area contributed by atoms with Gasteiger partial charge in [-0.3, -0.25) is 9.78 Å². The fourth-order valence-corrected chi connectivity index (χ4v) is 3.74. The maximum Gasteiger partial charge on any atom is 0.319 e. The minimum atomic E-state index is -0.149. The second kappa shape index (κ2) is 8.41. The SMILES string of the molecule is COc1cnccc1-c1cccc2cc(C(=O)NCCN3CCN(C)C3=O)ccc12. The number of hydrogen-bond acceptors (Lipinski definition) is 4. The van der Waals surface area contributed by atoms with E-state index < -0.39 is 0 Å². The number of amides is 3. The van der Waals surface area contributed by atoms with Gasteiger partial charge in [0, 0.05) is 50.6 Å². The summed E-state index contributed by atoms with van der Waals surface area (Å²) >= 11 is 0. The van der Waals surface area contributed by atoms with Gasteiger partial charge in [0.05, 0.1) is 13.3 Å². The average molecular weight is 404 g/mol. The second-order valence-electron chi connectivity index (χ2n) is 7.26. The first kappa shape index (κ1) is 19.7. The van der Waals surface area contributed by atoms with Crippen molar-refractivity contribution in [3.05, 3.63) is 60.4 Å². The Morgan fingerprint density at radius 2 is 2.03 bits per heavy atom. The van der Waals surface area contributed by atoms with Gasteiger partial charge in [-0.2, -0.15) is 0 Å². The van der Waals surface area contributed by atoms with E-state index in [2.05, 4.69) is 10.3 Å². The minimum absolute atomic E-state index is 0.00836. The van der Waals surface area contributed by atoms with E-state index in [4.69, 9.17) is 4.74 Å². The number of methoxy groups -OCH3 is 1. The zero-order chi connectivity index (χ0) is 21.1. The standard InChI is InChI=1S/C23H24N4O3/c1-26-12-13-27(23(26)29)11-10-25-22(28)17-6-7-18-16(14-17)4-3-5-19(18)20-8-9-24-15-21(20)30-2/h3-9,14-15H,10-13H2,1-2H3,(H,25,28). The molecule has 3 aromatic rings. The molecule has 1 aromatic heterocycles. The Hall–Kier alpha value is -3.61. The molecular weight excluding hydrogens is 380 g/mol. The molecule has 0 aliphatic carbocycles. The van der Waals surface area contributed by atoms with Gasteiger partial charge >= 0.3 is 6.03 Å². The topological polar surface area (TPSA) is 74.8 Å². The number of urea groups is 1. The summed E-state index contributed by atoms with van der Waals surface area (Å²) in [4.78, 5) is 32.1. The summed E-state index contributed by atoms with van der Waals surface area (Å²) < 4.78 is 5.45. The smallest absolute Gasteiger partial charge is 0.319 e. The molecule has 0 bridgehead atoms. The van der Waals surface area contributed by atoms with Gasteiger partial charge in [-0.15, -0.1) is 0 Å². The predicted molar refractivity (Wildman–Crippen MR) is 116 cm³/mol. The van der Waals surface area contributed by atoms with Gasteiger partial charge in [-0.25, -0.2) is 4.79 Å². The molecule has 0 unspecified atom stereocenters. The molecule has 2 heterocycles. The van der Waals surface area contributed by atoms with Crippen molar-refractivity contribution < 1.29 is 14.3 Å². The molecule has 154 valence electrons. The summed E-state index contributed by atoms with van der Waals surface area (Å²) in [5, 5.41) is 4.91. The van der Waals surface area contributed by atoms with E-state index in [0.717, 1.165) is 28.4 Å². The molecule has 2 aromatic carbocycles. The van der Waals surface area contributed by atoms with E-state index in [1.54, 1.807) is 36.4 Å². The maximum absolute atomic E-state index is 12.6. The molecule has 7 heteroatoms. The number of fused-ring (bicyclic) bond motifs is 1. The summed E-state index contributed by atoms with van der Waals surface area (Å²) in [6.07, 6.45) is 3.43. The molecule has 0 spiro atoms. The molecule has 7 nitrogen and oxygen atoms in total. The Bertz CT molecular complexity index is 1100. The lowest BCUT2D eigenvalue weighted by Gasteiger charge is -2.16. The van der Waals surface area contributed by atoms with Crippen LogP contribution in [0.4, 0.5) is 4.79 Å². The highest BCUT2D eigenvalue weighted by Gasteiger charge is 2.24. The first-order chi connectivity index (χ1) is 14.6. The molecule has 1 fully saturated rings. The molecule has 30 heavy (non-hydrogen) atoms. The molecule has 1 aliphatic rings. The van der Waals surface area contributed by atoms with E-state index in [-0.39, 0.29) is 11.9 Å². The van der Waals surface area contributed by atoms with Gasteiger partial charge in [0.1, 0.15) is 5.75 Å². The maximum atomic E-state index is 12.6. The summed E-state index contributed by atoms with van der Waals surface area (Å²) in [5.74, 6) is 0.553. The highest BCUT2D eigenvalue weighted by atomic mass is 16.5. The average Bonchev–Trinajstić information content (AvgIpc) is 3.10. The third kappa shape index (κ3) is 3.78. The van der Waals surface area contributed by atoms with Gasteiger partial charge in [0.15, 0.2) is 0 Å². The summed E-state index contributed by atoms with van der Waals surface area (Å²) in [7, 11) is 3.41. The molecule has 1 aliphatic heterocycles. The van der Waals surface area contributed by atoms with E-state index in [0.29, 0.717) is 30.9 Å². The van der Waals surface area contributed by atoms with Gasteiger partial charge in [-0.1, -0.05) is 24.3 Å². The van der Waals surface area contributed by atoms with Crippen LogP contribution in [0.3, 0.4) is 0 Å². The van der Waals surface area contributed by atoms with Crippen molar-refractivity contribution in [3.8, 4) is 16.9 Å². The fraction of sp³-hybridized carbons (Fsp3) is 0.261. The lowest BCUT2D eigenvalue weighted by molar-refractivity contribution is 0.0950. The second-order valence-corrected chi connectivity index (χ2v) is 7.26. The van der Waals surface area contributed by atoms with Crippen LogP contribution in [0.25, 0.3) is 21.9 Å². The number of carbonyl (C=O) groups excluding carboxylic acids is 2. The Morgan fingerprint density at radius 1 is 1.17 bits per heavy atom. The zero-order valence-electron chi connectivity index (χ0n) is 17.1. The third-order valence-corrected chi connectivity index (χ3v) is 5.41. The van der Waals surface area contributed by atoms with Crippen molar-refractivity contribution in [2.75, 3.05) is 40.3 Å². The lowest BCUT2D eigenvalue weighted by Crippen LogP contribution is -2.37. The minimum Gasteiger partial charge on any atom is -0.494 e. The van der Waals surface area contributed by atoms with Gasteiger partial charge < -0.3 is 19.9 Å². The molecule has 4 rings (SSSR count). The quantitative estimate of drug-likeness (QED) is 0.685. The van der Waals surface area contributed by atoms with E-state index in [9.17, 15) is 9.59 Å². The highest BCUT2D eigenvalue weighted by molar-refractivity contribution is 6.03. The van der Waals surface area contributed by atoms with Crippen LogP contribution in [-0.4, -0.2) is 67.1 Å². The van der Waals surface area contributed by atoms with Crippen molar-refractivity contribution in [2.24, 2.45) is 0 Å². The summed E-state index contributed by atoms with van der Waals surface area (Å²) in [6.45, 7) is 2.35. The first-order valence-electron chi connectivity index (χ1n) is 9.88. The molecule has 0 saturated carbocycles. The fourth-order valence-electron chi connectivity index (χ4n) is 3.74. The van der Waals surface area contributed by atoms with Crippen LogP contribution < -0.4 is 10.1 Å². The van der Waals surface area contributed by atoms with Crippen LogP contribution in [0.2, 0.25) is 0 Å². The number of aromatic nitrogens is 1. The van der Waals surface area contributed by atoms with Crippen LogP contribution in [0.5, 0.6) is 5.75 Å². The Balaban J connectivity index is 1.51. The molecule has 0 radical (unpaired) electrons. The molecular formula is C23H24N4O3. The number of carbonyl (C=O) groups is 2. The molecule has 1 N–H and O–H groups in total. The van der Waals surface area contributed by atoms with E-state index in [1.165, 1.54) is 0 Å². The Labute approximate surface area is 175 Å². The van der Waals surface area contributed by atoms with Gasteiger partial charge in [-0.05, 0) is 34.5 Å². The first-order valence-corrected chi connectivity index (χ1v) is 9.88. The number of ether oxygens (including phenoxy) is 1. The Kier molecular flexibility index (Phi) is 5.52. The number of nitrogens with one attached hydrogen (secondary N) is 1. The largest absolute Gasteiger partial charge is 0.494 e. The normalized spacial score (nSPS) is 13.7.